The minimum Gasteiger partial charge on any atom is -0.375 e. The maximum atomic E-state index is 10.9. The minimum absolute atomic E-state index is 0.0282. The van der Waals surface area contributed by atoms with Crippen molar-refractivity contribution in [2.75, 3.05) is 5.32 Å². The van der Waals surface area contributed by atoms with Crippen molar-refractivity contribution < 1.29 is 4.92 Å². The normalized spacial score (nSPS) is 10.2. The second-order valence-electron chi connectivity index (χ2n) is 3.86. The zero-order valence-electron chi connectivity index (χ0n) is 9.77. The average Bonchev–Trinajstić information content (AvgIpc) is 2.38. The Kier molecular flexibility index (Phi) is 4.39. The van der Waals surface area contributed by atoms with Crippen LogP contribution in [0.25, 0.3) is 0 Å². The van der Waals surface area contributed by atoms with Gasteiger partial charge < -0.3 is 5.32 Å². The van der Waals surface area contributed by atoms with Crippen molar-refractivity contribution in [2.45, 2.75) is 6.54 Å². The molecule has 2 aromatic rings. The molecule has 6 heteroatoms. The molecule has 98 valence electrons. The number of nitro groups is 1. The van der Waals surface area contributed by atoms with E-state index in [-0.39, 0.29) is 5.69 Å². The summed E-state index contributed by atoms with van der Waals surface area (Å²) in [5, 5.41) is 14.3. The maximum Gasteiger partial charge on any atom is 0.293 e. The lowest BCUT2D eigenvalue weighted by Gasteiger charge is -2.08. The number of hydrogen-bond acceptors (Lipinski definition) is 3. The quantitative estimate of drug-likeness (QED) is 0.652. The smallest absolute Gasteiger partial charge is 0.293 e. The molecule has 1 N–H and O–H groups in total. The largest absolute Gasteiger partial charge is 0.375 e. The van der Waals surface area contributed by atoms with Crippen LogP contribution in [0, 0.1) is 10.1 Å². The van der Waals surface area contributed by atoms with Gasteiger partial charge in [0.05, 0.1) is 4.92 Å². The lowest BCUT2D eigenvalue weighted by molar-refractivity contribution is -0.383. The molecule has 0 radical (unpaired) electrons. The Morgan fingerprint density at radius 1 is 1.26 bits per heavy atom. The monoisotopic (exact) mass is 340 g/mol. The molecule has 0 atom stereocenters. The van der Waals surface area contributed by atoms with Crippen molar-refractivity contribution in [1.82, 2.24) is 0 Å². The fraction of sp³-hybridized carbons (Fsp3) is 0.0769. The zero-order chi connectivity index (χ0) is 13.8. The van der Waals surface area contributed by atoms with E-state index in [1.807, 2.05) is 24.3 Å². The van der Waals surface area contributed by atoms with Crippen LogP contribution in [0.3, 0.4) is 0 Å². The first-order valence-electron chi connectivity index (χ1n) is 5.49. The molecule has 2 aromatic carbocycles. The molecular formula is C13H10BrClN2O2. The van der Waals surface area contributed by atoms with E-state index in [9.17, 15) is 10.1 Å². The molecule has 19 heavy (non-hydrogen) atoms. The SMILES string of the molecule is O=[N+]([O-])c1cc(Cl)ccc1NCc1ccccc1Br. The van der Waals surface area contributed by atoms with E-state index >= 15 is 0 Å². The van der Waals surface area contributed by atoms with Gasteiger partial charge in [0.25, 0.3) is 5.69 Å². The van der Waals surface area contributed by atoms with Crippen molar-refractivity contribution in [3.05, 3.63) is 67.6 Å². The number of anilines is 1. The van der Waals surface area contributed by atoms with Crippen molar-refractivity contribution in [1.29, 1.82) is 0 Å². The molecule has 0 aliphatic carbocycles. The molecule has 0 saturated carbocycles. The van der Waals surface area contributed by atoms with Crippen LogP contribution in [0.2, 0.25) is 5.02 Å². The number of hydrogen-bond donors (Lipinski definition) is 1. The third-order valence-electron chi connectivity index (χ3n) is 2.58. The zero-order valence-corrected chi connectivity index (χ0v) is 12.1. The van der Waals surface area contributed by atoms with E-state index in [1.165, 1.54) is 6.07 Å². The Bertz CT molecular complexity index is 619. The van der Waals surface area contributed by atoms with Crippen molar-refractivity contribution >= 4 is 38.9 Å². The van der Waals surface area contributed by atoms with Crippen LogP contribution in [0.1, 0.15) is 5.56 Å². The van der Waals surface area contributed by atoms with Gasteiger partial charge >= 0.3 is 0 Å². The third kappa shape index (κ3) is 3.45. The van der Waals surface area contributed by atoms with Crippen LogP contribution < -0.4 is 5.32 Å². The summed E-state index contributed by atoms with van der Waals surface area (Å²) >= 11 is 9.20. The minimum atomic E-state index is -0.450. The third-order valence-corrected chi connectivity index (χ3v) is 3.59. The van der Waals surface area contributed by atoms with E-state index in [4.69, 9.17) is 11.6 Å². The molecule has 0 aliphatic heterocycles. The summed E-state index contributed by atoms with van der Waals surface area (Å²) in [5.41, 5.74) is 1.44. The maximum absolute atomic E-state index is 10.9. The standard InChI is InChI=1S/C13H10BrClN2O2/c14-11-4-2-1-3-9(11)8-16-12-6-5-10(15)7-13(12)17(18)19/h1-7,16H,8H2. The molecule has 0 bridgehead atoms. The van der Waals surface area contributed by atoms with Crippen LogP contribution >= 0.6 is 27.5 Å². The highest BCUT2D eigenvalue weighted by atomic mass is 79.9. The van der Waals surface area contributed by atoms with Gasteiger partial charge in [-0.05, 0) is 23.8 Å². The predicted octanol–water partition coefficient (Wildman–Crippen LogP) is 4.62. The van der Waals surface area contributed by atoms with Gasteiger partial charge in [0.15, 0.2) is 0 Å². The van der Waals surface area contributed by atoms with Gasteiger partial charge in [0, 0.05) is 22.1 Å². The predicted molar refractivity (Wildman–Crippen MR) is 79.6 cm³/mol. The Morgan fingerprint density at radius 3 is 2.68 bits per heavy atom. The molecule has 0 amide bonds. The van der Waals surface area contributed by atoms with Gasteiger partial charge in [-0.1, -0.05) is 45.7 Å². The molecule has 0 aromatic heterocycles. The number of nitro benzene ring substituents is 1. The first-order chi connectivity index (χ1) is 9.08. The number of halogens is 2. The second kappa shape index (κ2) is 6.04. The van der Waals surface area contributed by atoms with Crippen LogP contribution in [-0.4, -0.2) is 4.92 Å². The number of rotatable bonds is 4. The Labute approximate surface area is 123 Å². The highest BCUT2D eigenvalue weighted by Gasteiger charge is 2.14. The van der Waals surface area contributed by atoms with E-state index < -0.39 is 4.92 Å². The lowest BCUT2D eigenvalue weighted by atomic mass is 10.2. The van der Waals surface area contributed by atoms with Gasteiger partial charge in [-0.15, -0.1) is 0 Å². The number of nitrogens with one attached hydrogen (secondary N) is 1. The molecule has 0 spiro atoms. The Morgan fingerprint density at radius 2 is 2.00 bits per heavy atom. The van der Waals surface area contributed by atoms with Gasteiger partial charge in [-0.3, -0.25) is 10.1 Å². The van der Waals surface area contributed by atoms with Crippen molar-refractivity contribution in [3.8, 4) is 0 Å². The van der Waals surface area contributed by atoms with E-state index in [1.54, 1.807) is 12.1 Å². The number of nitrogens with zero attached hydrogens (tertiary/aromatic N) is 1. The van der Waals surface area contributed by atoms with Gasteiger partial charge in [0.2, 0.25) is 0 Å². The fourth-order valence-corrected chi connectivity index (χ4v) is 2.23. The molecule has 0 unspecified atom stereocenters. The second-order valence-corrected chi connectivity index (χ2v) is 5.15. The van der Waals surface area contributed by atoms with Gasteiger partial charge in [-0.2, -0.15) is 0 Å². The van der Waals surface area contributed by atoms with E-state index in [0.29, 0.717) is 17.3 Å². The summed E-state index contributed by atoms with van der Waals surface area (Å²) in [6.45, 7) is 0.490. The van der Waals surface area contributed by atoms with E-state index in [2.05, 4.69) is 21.2 Å². The lowest BCUT2D eigenvalue weighted by Crippen LogP contribution is -2.03. The van der Waals surface area contributed by atoms with Crippen molar-refractivity contribution in [3.63, 3.8) is 0 Å². The Hall–Kier alpha value is -1.59. The molecule has 0 aliphatic rings. The first-order valence-corrected chi connectivity index (χ1v) is 6.66. The summed E-state index contributed by atoms with van der Waals surface area (Å²) < 4.78 is 0.958. The molecule has 0 saturated heterocycles. The Balaban J connectivity index is 2.20. The highest BCUT2D eigenvalue weighted by Crippen LogP contribution is 2.28. The molecule has 4 nitrogen and oxygen atoms in total. The summed E-state index contributed by atoms with van der Waals surface area (Å²) in [5.74, 6) is 0. The summed E-state index contributed by atoms with van der Waals surface area (Å²) in [6, 6.07) is 12.3. The fourth-order valence-electron chi connectivity index (χ4n) is 1.64. The summed E-state index contributed by atoms with van der Waals surface area (Å²) in [7, 11) is 0. The topological polar surface area (TPSA) is 55.2 Å². The molecular weight excluding hydrogens is 332 g/mol. The average molecular weight is 342 g/mol. The number of benzene rings is 2. The summed E-state index contributed by atoms with van der Waals surface area (Å²) in [4.78, 5) is 10.5. The van der Waals surface area contributed by atoms with Crippen LogP contribution in [-0.2, 0) is 6.54 Å². The summed E-state index contributed by atoms with van der Waals surface area (Å²) in [6.07, 6.45) is 0. The van der Waals surface area contributed by atoms with Crippen LogP contribution in [0.5, 0.6) is 0 Å². The van der Waals surface area contributed by atoms with Crippen LogP contribution in [0.15, 0.2) is 46.9 Å². The molecule has 0 heterocycles. The highest BCUT2D eigenvalue weighted by molar-refractivity contribution is 9.10. The van der Waals surface area contributed by atoms with Crippen LogP contribution in [0.4, 0.5) is 11.4 Å². The van der Waals surface area contributed by atoms with Crippen molar-refractivity contribution in [2.24, 2.45) is 0 Å². The molecule has 0 fully saturated rings. The van der Waals surface area contributed by atoms with E-state index in [0.717, 1.165) is 10.0 Å². The van der Waals surface area contributed by atoms with Gasteiger partial charge in [-0.25, -0.2) is 0 Å². The first kappa shape index (κ1) is 13.8. The van der Waals surface area contributed by atoms with Gasteiger partial charge in [0.1, 0.15) is 5.69 Å². The molecule has 2 rings (SSSR count).